The van der Waals surface area contributed by atoms with Gasteiger partial charge in [0.1, 0.15) is 12.4 Å². The van der Waals surface area contributed by atoms with E-state index >= 15 is 0 Å². The van der Waals surface area contributed by atoms with E-state index < -0.39 is 5.54 Å². The standard InChI is InChI=1S/C18H23N3O2/c1-3-10-18(2,19)17(22)21-14-8-6-9-16(12-14)23-13-15-7-4-5-11-20-15/h4-9,11-12H,3,10,13,19H2,1-2H3,(H,21,22). The van der Waals surface area contributed by atoms with Crippen molar-refractivity contribution in [1.82, 2.24) is 4.98 Å². The molecular weight excluding hydrogens is 290 g/mol. The van der Waals surface area contributed by atoms with Crippen molar-refractivity contribution in [2.24, 2.45) is 5.73 Å². The molecule has 0 saturated heterocycles. The Bertz CT molecular complexity index is 642. The molecule has 1 atom stereocenters. The van der Waals surface area contributed by atoms with Crippen LogP contribution in [0.5, 0.6) is 5.75 Å². The Balaban J connectivity index is 1.98. The quantitative estimate of drug-likeness (QED) is 0.823. The monoisotopic (exact) mass is 313 g/mol. The number of nitrogens with two attached hydrogens (primary N) is 1. The smallest absolute Gasteiger partial charge is 0.244 e. The van der Waals surface area contributed by atoms with Crippen LogP contribution in [-0.4, -0.2) is 16.4 Å². The van der Waals surface area contributed by atoms with Gasteiger partial charge in [-0.3, -0.25) is 9.78 Å². The number of rotatable bonds is 7. The SMILES string of the molecule is CCCC(C)(N)C(=O)Nc1cccc(OCc2ccccn2)c1. The summed E-state index contributed by atoms with van der Waals surface area (Å²) >= 11 is 0. The first-order valence-corrected chi connectivity index (χ1v) is 7.74. The van der Waals surface area contributed by atoms with E-state index in [-0.39, 0.29) is 5.91 Å². The molecular formula is C18H23N3O2. The summed E-state index contributed by atoms with van der Waals surface area (Å²) in [5.74, 6) is 0.476. The van der Waals surface area contributed by atoms with E-state index in [0.29, 0.717) is 24.5 Å². The minimum Gasteiger partial charge on any atom is -0.487 e. The van der Waals surface area contributed by atoms with E-state index in [1.807, 2.05) is 43.3 Å². The van der Waals surface area contributed by atoms with Crippen LogP contribution in [0.15, 0.2) is 48.7 Å². The van der Waals surface area contributed by atoms with Gasteiger partial charge >= 0.3 is 0 Å². The van der Waals surface area contributed by atoms with Crippen molar-refractivity contribution < 1.29 is 9.53 Å². The summed E-state index contributed by atoms with van der Waals surface area (Å²) in [6.07, 6.45) is 3.22. The number of aromatic nitrogens is 1. The Morgan fingerprint density at radius 3 is 2.83 bits per heavy atom. The Labute approximate surface area is 136 Å². The van der Waals surface area contributed by atoms with Crippen molar-refractivity contribution in [2.45, 2.75) is 38.8 Å². The second-order valence-electron chi connectivity index (χ2n) is 5.76. The highest BCUT2D eigenvalue weighted by molar-refractivity contribution is 5.97. The summed E-state index contributed by atoms with van der Waals surface area (Å²) in [5.41, 5.74) is 6.68. The first kappa shape index (κ1) is 17.0. The van der Waals surface area contributed by atoms with Crippen molar-refractivity contribution in [1.29, 1.82) is 0 Å². The van der Waals surface area contributed by atoms with Gasteiger partial charge in [0.25, 0.3) is 0 Å². The van der Waals surface area contributed by atoms with Gasteiger partial charge in [0.15, 0.2) is 0 Å². The van der Waals surface area contributed by atoms with E-state index in [0.717, 1.165) is 12.1 Å². The molecule has 1 aromatic heterocycles. The molecule has 2 aromatic rings. The molecule has 0 fully saturated rings. The number of ether oxygens (including phenoxy) is 1. The number of pyridine rings is 1. The summed E-state index contributed by atoms with van der Waals surface area (Å²) in [4.78, 5) is 16.4. The van der Waals surface area contributed by atoms with Crippen molar-refractivity contribution in [3.05, 3.63) is 54.4 Å². The molecule has 5 heteroatoms. The average Bonchev–Trinajstić information content (AvgIpc) is 2.54. The van der Waals surface area contributed by atoms with Crippen LogP contribution in [0.2, 0.25) is 0 Å². The molecule has 0 spiro atoms. The molecule has 0 bridgehead atoms. The third-order valence-electron chi connectivity index (χ3n) is 3.49. The van der Waals surface area contributed by atoms with Gasteiger partial charge in [-0.1, -0.05) is 25.5 Å². The molecule has 122 valence electrons. The van der Waals surface area contributed by atoms with Crippen LogP contribution in [0.4, 0.5) is 5.69 Å². The highest BCUT2D eigenvalue weighted by Crippen LogP contribution is 2.20. The predicted molar refractivity (Wildman–Crippen MR) is 91.1 cm³/mol. The van der Waals surface area contributed by atoms with E-state index in [1.165, 1.54) is 0 Å². The summed E-state index contributed by atoms with van der Waals surface area (Å²) in [5, 5.41) is 2.85. The lowest BCUT2D eigenvalue weighted by atomic mass is 9.96. The molecule has 2 rings (SSSR count). The summed E-state index contributed by atoms with van der Waals surface area (Å²) in [6, 6.07) is 12.9. The lowest BCUT2D eigenvalue weighted by Crippen LogP contribution is -2.48. The minimum atomic E-state index is -0.875. The van der Waals surface area contributed by atoms with Crippen LogP contribution in [0, 0.1) is 0 Å². The highest BCUT2D eigenvalue weighted by atomic mass is 16.5. The molecule has 0 aliphatic rings. The van der Waals surface area contributed by atoms with Gasteiger partial charge in [-0.25, -0.2) is 0 Å². The fourth-order valence-corrected chi connectivity index (χ4v) is 2.21. The maximum Gasteiger partial charge on any atom is 0.244 e. The summed E-state index contributed by atoms with van der Waals surface area (Å²) in [7, 11) is 0. The number of carbonyl (C=O) groups excluding carboxylic acids is 1. The van der Waals surface area contributed by atoms with Gasteiger partial charge in [0, 0.05) is 18.0 Å². The lowest BCUT2D eigenvalue weighted by Gasteiger charge is -2.23. The molecule has 0 aliphatic heterocycles. The predicted octanol–water partition coefficient (Wildman–Crippen LogP) is 3.12. The Morgan fingerprint density at radius 1 is 1.30 bits per heavy atom. The summed E-state index contributed by atoms with van der Waals surface area (Å²) in [6.45, 7) is 4.13. The highest BCUT2D eigenvalue weighted by Gasteiger charge is 2.27. The molecule has 5 nitrogen and oxygen atoms in total. The second-order valence-corrected chi connectivity index (χ2v) is 5.76. The molecule has 3 N–H and O–H groups in total. The number of carbonyl (C=O) groups is 1. The zero-order valence-corrected chi connectivity index (χ0v) is 13.6. The van der Waals surface area contributed by atoms with Crippen molar-refractivity contribution in [2.75, 3.05) is 5.32 Å². The zero-order valence-electron chi connectivity index (χ0n) is 13.6. The van der Waals surface area contributed by atoms with Gasteiger partial charge in [0.2, 0.25) is 5.91 Å². The largest absolute Gasteiger partial charge is 0.487 e. The van der Waals surface area contributed by atoms with Gasteiger partial charge in [0.05, 0.1) is 11.2 Å². The molecule has 1 amide bonds. The Kier molecular flexibility index (Phi) is 5.71. The molecule has 1 heterocycles. The second kappa shape index (κ2) is 7.74. The van der Waals surface area contributed by atoms with Crippen molar-refractivity contribution in [3.63, 3.8) is 0 Å². The van der Waals surface area contributed by atoms with Gasteiger partial charge in [-0.2, -0.15) is 0 Å². The molecule has 0 aliphatic carbocycles. The molecule has 0 radical (unpaired) electrons. The number of benzene rings is 1. The molecule has 1 unspecified atom stereocenters. The van der Waals surface area contributed by atoms with E-state index in [1.54, 1.807) is 19.2 Å². The van der Waals surface area contributed by atoms with Crippen LogP contribution in [0.25, 0.3) is 0 Å². The first-order valence-electron chi connectivity index (χ1n) is 7.74. The van der Waals surface area contributed by atoms with Gasteiger partial charge in [-0.05, 0) is 37.6 Å². The number of hydrogen-bond donors (Lipinski definition) is 2. The topological polar surface area (TPSA) is 77.2 Å². The molecule has 0 saturated carbocycles. The molecule has 1 aromatic carbocycles. The number of amides is 1. The summed E-state index contributed by atoms with van der Waals surface area (Å²) < 4.78 is 5.70. The average molecular weight is 313 g/mol. The van der Waals surface area contributed by atoms with Gasteiger partial charge in [-0.15, -0.1) is 0 Å². The Morgan fingerprint density at radius 2 is 2.13 bits per heavy atom. The minimum absolute atomic E-state index is 0.193. The Hall–Kier alpha value is -2.40. The number of hydrogen-bond acceptors (Lipinski definition) is 4. The van der Waals surface area contributed by atoms with Crippen molar-refractivity contribution in [3.8, 4) is 5.75 Å². The van der Waals surface area contributed by atoms with Gasteiger partial charge < -0.3 is 15.8 Å². The van der Waals surface area contributed by atoms with E-state index in [4.69, 9.17) is 10.5 Å². The fourth-order valence-electron chi connectivity index (χ4n) is 2.21. The lowest BCUT2D eigenvalue weighted by molar-refractivity contribution is -0.120. The van der Waals surface area contributed by atoms with E-state index in [9.17, 15) is 4.79 Å². The van der Waals surface area contributed by atoms with E-state index in [2.05, 4.69) is 10.3 Å². The fraction of sp³-hybridized carbons (Fsp3) is 0.333. The zero-order chi connectivity index (χ0) is 16.7. The molecule has 23 heavy (non-hydrogen) atoms. The van der Waals surface area contributed by atoms with Crippen LogP contribution < -0.4 is 15.8 Å². The third kappa shape index (κ3) is 5.07. The third-order valence-corrected chi connectivity index (χ3v) is 3.49. The van der Waals surface area contributed by atoms with Crippen LogP contribution >= 0.6 is 0 Å². The number of nitrogens with zero attached hydrogens (tertiary/aromatic N) is 1. The van der Waals surface area contributed by atoms with Crippen LogP contribution in [-0.2, 0) is 11.4 Å². The number of anilines is 1. The van der Waals surface area contributed by atoms with Crippen LogP contribution in [0.1, 0.15) is 32.4 Å². The maximum atomic E-state index is 12.2. The first-order chi connectivity index (χ1) is 11.0. The van der Waals surface area contributed by atoms with Crippen LogP contribution in [0.3, 0.4) is 0 Å². The number of nitrogens with one attached hydrogen (secondary N) is 1. The van der Waals surface area contributed by atoms with Crippen molar-refractivity contribution >= 4 is 11.6 Å². The maximum absolute atomic E-state index is 12.2. The normalized spacial score (nSPS) is 13.2.